The molecule has 0 aliphatic carbocycles. The van der Waals surface area contributed by atoms with Gasteiger partial charge in [0.05, 0.1) is 14.8 Å². The van der Waals surface area contributed by atoms with Crippen LogP contribution in [0.5, 0.6) is 0 Å². The van der Waals surface area contributed by atoms with Crippen LogP contribution in [0, 0.1) is 23.0 Å². The molecule has 112 valence electrons. The summed E-state index contributed by atoms with van der Waals surface area (Å²) in [5.74, 6) is 0.0979. The van der Waals surface area contributed by atoms with Crippen LogP contribution in [0.25, 0.3) is 0 Å². The molecule has 0 unspecified atom stereocenters. The van der Waals surface area contributed by atoms with Gasteiger partial charge in [-0.3, -0.25) is 10.1 Å². The molecule has 0 aromatic heterocycles. The van der Waals surface area contributed by atoms with Gasteiger partial charge >= 0.3 is 0 Å². The molecule has 1 N–H and O–H groups in total. The Bertz CT molecular complexity index is 629. The number of nitrogens with zero attached hydrogens (tertiary/aromatic N) is 1. The van der Waals surface area contributed by atoms with Crippen LogP contribution >= 0.6 is 11.6 Å². The van der Waals surface area contributed by atoms with Gasteiger partial charge in [-0.25, -0.2) is 13.1 Å². The van der Waals surface area contributed by atoms with Crippen molar-refractivity contribution >= 4 is 27.3 Å². The molecule has 0 saturated carbocycles. The molecule has 8 heteroatoms. The molecule has 0 fully saturated rings. The highest BCUT2D eigenvalue weighted by molar-refractivity contribution is 7.89. The Labute approximate surface area is 123 Å². The summed E-state index contributed by atoms with van der Waals surface area (Å²) in [6.45, 7) is 6.95. The lowest BCUT2D eigenvalue weighted by Crippen LogP contribution is -2.36. The van der Waals surface area contributed by atoms with Gasteiger partial charge in [-0.1, -0.05) is 25.4 Å². The zero-order valence-electron chi connectivity index (χ0n) is 11.7. The maximum Gasteiger partial charge on any atom is 0.275 e. The number of benzene rings is 1. The minimum absolute atomic E-state index is 0.0526. The molecule has 0 bridgehead atoms. The molecule has 1 aromatic carbocycles. The van der Waals surface area contributed by atoms with Crippen LogP contribution in [0.4, 0.5) is 5.69 Å². The number of nitro groups is 1. The summed E-state index contributed by atoms with van der Waals surface area (Å²) in [6.07, 6.45) is 0. The zero-order valence-corrected chi connectivity index (χ0v) is 13.2. The first-order valence-corrected chi connectivity index (χ1v) is 7.89. The summed E-state index contributed by atoms with van der Waals surface area (Å²) in [6, 6.07) is 1.95. The second-order valence-corrected chi connectivity index (χ2v) is 7.08. The SMILES string of the molecule is Cc1c(Cl)cc(S(=O)(=O)N[C@@H](C)C(C)C)cc1[N+](=O)[O-]. The molecule has 0 aliphatic rings. The van der Waals surface area contributed by atoms with Crippen LogP contribution in [-0.2, 0) is 10.0 Å². The Kier molecular flexibility index (Phi) is 5.12. The van der Waals surface area contributed by atoms with E-state index >= 15 is 0 Å². The molecule has 0 heterocycles. The fraction of sp³-hybridized carbons (Fsp3) is 0.500. The normalized spacial score (nSPS) is 13.5. The second-order valence-electron chi connectivity index (χ2n) is 4.96. The molecule has 1 atom stereocenters. The zero-order chi connectivity index (χ0) is 15.7. The molecular formula is C12H17ClN2O4S. The Balaban J connectivity index is 3.30. The van der Waals surface area contributed by atoms with E-state index in [9.17, 15) is 18.5 Å². The van der Waals surface area contributed by atoms with E-state index in [1.807, 2.05) is 13.8 Å². The molecule has 0 spiro atoms. The number of halogens is 1. The average molecular weight is 321 g/mol. The third-order valence-electron chi connectivity index (χ3n) is 3.14. The van der Waals surface area contributed by atoms with Crippen LogP contribution in [0.3, 0.4) is 0 Å². The van der Waals surface area contributed by atoms with E-state index in [2.05, 4.69) is 4.72 Å². The minimum atomic E-state index is -3.84. The molecule has 0 saturated heterocycles. The lowest BCUT2D eigenvalue weighted by molar-refractivity contribution is -0.385. The van der Waals surface area contributed by atoms with E-state index in [4.69, 9.17) is 11.6 Å². The van der Waals surface area contributed by atoms with E-state index in [0.29, 0.717) is 0 Å². The summed E-state index contributed by atoms with van der Waals surface area (Å²) in [5, 5.41) is 11.0. The Morgan fingerprint density at radius 1 is 1.30 bits per heavy atom. The number of hydrogen-bond acceptors (Lipinski definition) is 4. The molecule has 1 aromatic rings. The van der Waals surface area contributed by atoms with Gasteiger partial charge in [-0.2, -0.15) is 0 Å². The van der Waals surface area contributed by atoms with Gasteiger partial charge in [-0.15, -0.1) is 0 Å². The largest absolute Gasteiger partial charge is 0.275 e. The third kappa shape index (κ3) is 3.68. The van der Waals surface area contributed by atoms with Crippen molar-refractivity contribution in [1.82, 2.24) is 4.72 Å². The first kappa shape index (κ1) is 16.9. The number of nitro benzene ring substituents is 1. The number of hydrogen-bond donors (Lipinski definition) is 1. The van der Waals surface area contributed by atoms with Crippen molar-refractivity contribution in [2.24, 2.45) is 5.92 Å². The highest BCUT2D eigenvalue weighted by Gasteiger charge is 2.24. The van der Waals surface area contributed by atoms with Crippen molar-refractivity contribution in [3.05, 3.63) is 32.8 Å². The van der Waals surface area contributed by atoms with Crippen molar-refractivity contribution in [1.29, 1.82) is 0 Å². The van der Waals surface area contributed by atoms with Crippen LogP contribution in [-0.4, -0.2) is 19.4 Å². The van der Waals surface area contributed by atoms with Gasteiger partial charge < -0.3 is 0 Å². The maximum absolute atomic E-state index is 12.2. The highest BCUT2D eigenvalue weighted by atomic mass is 35.5. The first-order valence-electron chi connectivity index (χ1n) is 6.03. The van der Waals surface area contributed by atoms with Crippen LogP contribution < -0.4 is 4.72 Å². The standard InChI is InChI=1S/C12H17ClN2O4S/c1-7(2)9(4)14-20(18,19)10-5-11(13)8(3)12(6-10)15(16)17/h5-7,9,14H,1-4H3/t9-/m0/s1. The summed E-state index contributed by atoms with van der Waals surface area (Å²) in [7, 11) is -3.84. The molecule has 6 nitrogen and oxygen atoms in total. The van der Waals surface area contributed by atoms with E-state index in [0.717, 1.165) is 6.07 Å². The van der Waals surface area contributed by atoms with Crippen molar-refractivity contribution in [3.8, 4) is 0 Å². The van der Waals surface area contributed by atoms with E-state index < -0.39 is 14.9 Å². The molecule has 1 rings (SSSR count). The number of sulfonamides is 1. The lowest BCUT2D eigenvalue weighted by Gasteiger charge is -2.17. The molecule has 20 heavy (non-hydrogen) atoms. The molecule has 0 radical (unpaired) electrons. The van der Waals surface area contributed by atoms with Gasteiger partial charge in [0, 0.05) is 17.7 Å². The quantitative estimate of drug-likeness (QED) is 0.667. The summed E-state index contributed by atoms with van der Waals surface area (Å²) < 4.78 is 26.9. The van der Waals surface area contributed by atoms with Crippen LogP contribution in [0.15, 0.2) is 17.0 Å². The van der Waals surface area contributed by atoms with Crippen molar-refractivity contribution in [2.75, 3.05) is 0 Å². The van der Waals surface area contributed by atoms with Gasteiger partial charge in [-0.05, 0) is 25.8 Å². The van der Waals surface area contributed by atoms with E-state index in [-0.39, 0.29) is 33.1 Å². The van der Waals surface area contributed by atoms with Crippen molar-refractivity contribution < 1.29 is 13.3 Å². The summed E-state index contributed by atoms with van der Waals surface area (Å²) in [4.78, 5) is 10.1. The fourth-order valence-electron chi connectivity index (χ4n) is 1.43. The van der Waals surface area contributed by atoms with Gasteiger partial charge in [0.25, 0.3) is 5.69 Å². The fourth-order valence-corrected chi connectivity index (χ4v) is 3.15. The first-order chi connectivity index (χ1) is 9.06. The van der Waals surface area contributed by atoms with Gasteiger partial charge in [0.1, 0.15) is 0 Å². The van der Waals surface area contributed by atoms with Crippen molar-refractivity contribution in [2.45, 2.75) is 38.6 Å². The molecule has 0 aliphatic heterocycles. The topological polar surface area (TPSA) is 89.3 Å². The van der Waals surface area contributed by atoms with Crippen molar-refractivity contribution in [3.63, 3.8) is 0 Å². The smallest absolute Gasteiger partial charge is 0.258 e. The highest BCUT2D eigenvalue weighted by Crippen LogP contribution is 2.29. The number of rotatable bonds is 5. The predicted octanol–water partition coefficient (Wildman–Crippen LogP) is 2.88. The third-order valence-corrected chi connectivity index (χ3v) is 5.07. The van der Waals surface area contributed by atoms with Gasteiger partial charge in [0.2, 0.25) is 10.0 Å². The van der Waals surface area contributed by atoms with Crippen LogP contribution in [0.1, 0.15) is 26.3 Å². The lowest BCUT2D eigenvalue weighted by atomic mass is 10.1. The molecular weight excluding hydrogens is 304 g/mol. The summed E-state index contributed by atoms with van der Waals surface area (Å²) >= 11 is 5.87. The Morgan fingerprint density at radius 3 is 2.30 bits per heavy atom. The summed E-state index contributed by atoms with van der Waals surface area (Å²) in [5.41, 5.74) is -0.0670. The maximum atomic E-state index is 12.2. The second kappa shape index (κ2) is 6.07. The Morgan fingerprint density at radius 2 is 1.85 bits per heavy atom. The monoisotopic (exact) mass is 320 g/mol. The predicted molar refractivity (Wildman–Crippen MR) is 77.5 cm³/mol. The molecule has 0 amide bonds. The number of nitrogens with one attached hydrogen (secondary N) is 1. The van der Waals surface area contributed by atoms with E-state index in [1.165, 1.54) is 13.0 Å². The van der Waals surface area contributed by atoms with E-state index in [1.54, 1.807) is 6.92 Å². The average Bonchev–Trinajstić information content (AvgIpc) is 2.31. The minimum Gasteiger partial charge on any atom is -0.258 e. The Hall–Kier alpha value is -1.18. The van der Waals surface area contributed by atoms with Crippen LogP contribution in [0.2, 0.25) is 5.02 Å². The van der Waals surface area contributed by atoms with Gasteiger partial charge in [0.15, 0.2) is 0 Å².